The Hall–Kier alpha value is -1.93. The zero-order chi connectivity index (χ0) is 16.4. The highest BCUT2D eigenvalue weighted by Gasteiger charge is 2.40. The second-order valence-corrected chi connectivity index (χ2v) is 6.44. The minimum Gasteiger partial charge on any atom is -0.353 e. The number of ether oxygens (including phenoxy) is 2. The molecule has 0 atom stereocenters. The van der Waals surface area contributed by atoms with Crippen molar-refractivity contribution in [3.8, 4) is 0 Å². The zero-order valence-corrected chi connectivity index (χ0v) is 13.8. The Morgan fingerprint density at radius 2 is 1.71 bits per heavy atom. The number of carbonyl (C=O) groups is 1. The van der Waals surface area contributed by atoms with E-state index in [9.17, 15) is 4.79 Å². The molecule has 8 nitrogen and oxygen atoms in total. The summed E-state index contributed by atoms with van der Waals surface area (Å²) in [6.45, 7) is 6.15. The van der Waals surface area contributed by atoms with E-state index < -0.39 is 0 Å². The number of hydrogen-bond acceptors (Lipinski definition) is 7. The number of aromatic nitrogens is 2. The van der Waals surface area contributed by atoms with Crippen molar-refractivity contribution in [3.05, 3.63) is 12.3 Å². The molecule has 0 N–H and O–H groups in total. The molecule has 1 spiro atoms. The van der Waals surface area contributed by atoms with Gasteiger partial charge in [-0.05, 0) is 6.07 Å². The highest BCUT2D eigenvalue weighted by Crippen LogP contribution is 2.32. The van der Waals surface area contributed by atoms with Crippen molar-refractivity contribution in [2.24, 2.45) is 0 Å². The lowest BCUT2D eigenvalue weighted by atomic mass is 10.0. The second-order valence-electron chi connectivity index (χ2n) is 6.44. The maximum Gasteiger partial charge on any atom is 0.227 e. The van der Waals surface area contributed by atoms with Gasteiger partial charge in [-0.3, -0.25) is 4.79 Å². The van der Waals surface area contributed by atoms with Gasteiger partial charge in [-0.2, -0.15) is 4.98 Å². The minimum absolute atomic E-state index is 0.376. The van der Waals surface area contributed by atoms with Crippen molar-refractivity contribution in [1.29, 1.82) is 0 Å². The van der Waals surface area contributed by atoms with Gasteiger partial charge in [0.2, 0.25) is 12.4 Å². The average Bonchev–Trinajstić information content (AvgIpc) is 3.10. The van der Waals surface area contributed by atoms with E-state index in [2.05, 4.69) is 14.8 Å². The van der Waals surface area contributed by atoms with E-state index in [0.717, 1.165) is 70.3 Å². The normalized spacial score (nSPS) is 23.8. The number of carbonyl (C=O) groups excluding carboxylic acids is 1. The van der Waals surface area contributed by atoms with Gasteiger partial charge in [0.05, 0.1) is 13.2 Å². The first-order chi connectivity index (χ1) is 11.8. The molecule has 1 aromatic rings. The quantitative estimate of drug-likeness (QED) is 0.727. The third kappa shape index (κ3) is 3.03. The molecule has 3 fully saturated rings. The summed E-state index contributed by atoms with van der Waals surface area (Å²) in [5.74, 6) is 1.32. The first kappa shape index (κ1) is 15.6. The third-order valence-electron chi connectivity index (χ3n) is 5.04. The Bertz CT molecular complexity index is 575. The fourth-order valence-corrected chi connectivity index (χ4v) is 3.56. The fourth-order valence-electron chi connectivity index (χ4n) is 3.56. The Kier molecular flexibility index (Phi) is 4.24. The van der Waals surface area contributed by atoms with Gasteiger partial charge in [0.1, 0.15) is 5.82 Å². The molecule has 3 aliphatic heterocycles. The molecule has 0 radical (unpaired) electrons. The summed E-state index contributed by atoms with van der Waals surface area (Å²) < 4.78 is 11.5. The Labute approximate surface area is 141 Å². The van der Waals surface area contributed by atoms with Crippen LogP contribution in [-0.4, -0.2) is 79.5 Å². The molecule has 0 bridgehead atoms. The van der Waals surface area contributed by atoms with Crippen molar-refractivity contribution in [3.63, 3.8) is 0 Å². The smallest absolute Gasteiger partial charge is 0.227 e. The summed E-state index contributed by atoms with van der Waals surface area (Å²) in [6, 6.07) is 1.94. The molecule has 0 aliphatic carbocycles. The average molecular weight is 333 g/mol. The van der Waals surface area contributed by atoms with Gasteiger partial charge in [0.15, 0.2) is 5.79 Å². The topological polar surface area (TPSA) is 71.0 Å². The number of hydrogen-bond donors (Lipinski definition) is 0. The van der Waals surface area contributed by atoms with Crippen molar-refractivity contribution >= 4 is 18.2 Å². The first-order valence-electron chi connectivity index (χ1n) is 8.58. The van der Waals surface area contributed by atoms with E-state index in [4.69, 9.17) is 14.5 Å². The lowest BCUT2D eigenvalue weighted by Gasteiger charge is -2.38. The maximum atomic E-state index is 10.8. The van der Waals surface area contributed by atoms with Crippen LogP contribution in [0.15, 0.2) is 12.3 Å². The molecule has 3 aliphatic rings. The number of nitrogens with zero attached hydrogens (tertiary/aromatic N) is 5. The zero-order valence-electron chi connectivity index (χ0n) is 13.8. The Morgan fingerprint density at radius 3 is 2.38 bits per heavy atom. The van der Waals surface area contributed by atoms with Crippen molar-refractivity contribution in [1.82, 2.24) is 14.9 Å². The molecule has 1 aromatic heterocycles. The van der Waals surface area contributed by atoms with Gasteiger partial charge >= 0.3 is 0 Å². The summed E-state index contributed by atoms with van der Waals surface area (Å²) >= 11 is 0. The van der Waals surface area contributed by atoms with E-state index in [-0.39, 0.29) is 5.79 Å². The third-order valence-corrected chi connectivity index (χ3v) is 5.04. The van der Waals surface area contributed by atoms with Crippen LogP contribution < -0.4 is 9.80 Å². The van der Waals surface area contributed by atoms with E-state index in [0.29, 0.717) is 13.2 Å². The van der Waals surface area contributed by atoms with Crippen LogP contribution in [0.5, 0.6) is 0 Å². The van der Waals surface area contributed by atoms with Crippen LogP contribution in [0.1, 0.15) is 12.8 Å². The monoisotopic (exact) mass is 333 g/mol. The van der Waals surface area contributed by atoms with Crippen LogP contribution in [0.4, 0.5) is 11.8 Å². The predicted octanol–water partition coefficient (Wildman–Crippen LogP) is 0.0983. The molecular formula is C16H23N5O3. The summed E-state index contributed by atoms with van der Waals surface area (Å²) in [6.07, 6.45) is 4.42. The largest absolute Gasteiger partial charge is 0.353 e. The SMILES string of the molecule is O=CN1CCN(c2ccnc(N3CCC4(CC3)OCCO4)n2)CC1. The van der Waals surface area contributed by atoms with Crippen LogP contribution >= 0.6 is 0 Å². The molecule has 0 unspecified atom stereocenters. The summed E-state index contributed by atoms with van der Waals surface area (Å²) in [5.41, 5.74) is 0. The van der Waals surface area contributed by atoms with Crippen LogP contribution in [0, 0.1) is 0 Å². The molecule has 4 rings (SSSR count). The number of anilines is 2. The number of rotatable bonds is 3. The van der Waals surface area contributed by atoms with Gasteiger partial charge in [-0.1, -0.05) is 0 Å². The van der Waals surface area contributed by atoms with Crippen LogP contribution in [0.25, 0.3) is 0 Å². The van der Waals surface area contributed by atoms with E-state index >= 15 is 0 Å². The number of piperidine rings is 1. The van der Waals surface area contributed by atoms with Gasteiger partial charge in [-0.25, -0.2) is 4.98 Å². The maximum absolute atomic E-state index is 10.8. The lowest BCUT2D eigenvalue weighted by molar-refractivity contribution is -0.169. The molecule has 4 heterocycles. The van der Waals surface area contributed by atoms with Crippen LogP contribution in [0.3, 0.4) is 0 Å². The van der Waals surface area contributed by atoms with Crippen molar-refractivity contribution in [2.45, 2.75) is 18.6 Å². The van der Waals surface area contributed by atoms with Crippen molar-refractivity contribution < 1.29 is 14.3 Å². The Balaban J connectivity index is 1.41. The number of piperazine rings is 1. The molecular weight excluding hydrogens is 310 g/mol. The fraction of sp³-hybridized carbons (Fsp3) is 0.688. The highest BCUT2D eigenvalue weighted by atomic mass is 16.7. The Morgan fingerprint density at radius 1 is 1.00 bits per heavy atom. The van der Waals surface area contributed by atoms with Gasteiger partial charge in [0.25, 0.3) is 0 Å². The van der Waals surface area contributed by atoms with E-state index in [1.54, 1.807) is 4.90 Å². The molecule has 130 valence electrons. The van der Waals surface area contributed by atoms with Gasteiger partial charge < -0.3 is 24.2 Å². The van der Waals surface area contributed by atoms with Gasteiger partial charge in [-0.15, -0.1) is 0 Å². The summed E-state index contributed by atoms with van der Waals surface area (Å²) in [5, 5.41) is 0. The van der Waals surface area contributed by atoms with Crippen LogP contribution in [0.2, 0.25) is 0 Å². The molecule has 0 aromatic carbocycles. The van der Waals surface area contributed by atoms with E-state index in [1.807, 2.05) is 12.3 Å². The predicted molar refractivity (Wildman–Crippen MR) is 88.0 cm³/mol. The minimum atomic E-state index is -0.376. The first-order valence-corrected chi connectivity index (χ1v) is 8.58. The summed E-state index contributed by atoms with van der Waals surface area (Å²) in [4.78, 5) is 26.2. The van der Waals surface area contributed by atoms with Crippen molar-refractivity contribution in [2.75, 3.05) is 62.3 Å². The summed E-state index contributed by atoms with van der Waals surface area (Å²) in [7, 11) is 0. The lowest BCUT2D eigenvalue weighted by Crippen LogP contribution is -2.47. The standard InChI is InChI=1S/C16H23N5O3/c22-13-19-7-9-20(10-8-19)14-1-4-17-15(18-14)21-5-2-16(3-6-21)23-11-12-24-16/h1,4,13H,2-3,5-12H2. The molecule has 3 saturated heterocycles. The van der Waals surface area contributed by atoms with E-state index in [1.165, 1.54) is 0 Å². The molecule has 0 saturated carbocycles. The highest BCUT2D eigenvalue weighted by molar-refractivity contribution is 5.49. The van der Waals surface area contributed by atoms with Crippen LogP contribution in [-0.2, 0) is 14.3 Å². The molecule has 1 amide bonds. The molecule has 24 heavy (non-hydrogen) atoms. The number of amides is 1. The van der Waals surface area contributed by atoms with Gasteiger partial charge in [0, 0.05) is 58.3 Å². The molecule has 8 heteroatoms. The second kappa shape index (κ2) is 6.52.